The molecule has 0 bridgehead atoms. The van der Waals surface area contributed by atoms with Crippen LogP contribution in [0.1, 0.15) is 10.6 Å². The van der Waals surface area contributed by atoms with Crippen molar-refractivity contribution in [3.8, 4) is 11.5 Å². The van der Waals surface area contributed by atoms with Crippen molar-refractivity contribution in [2.75, 3.05) is 14.2 Å². The van der Waals surface area contributed by atoms with E-state index >= 15 is 0 Å². The first-order chi connectivity index (χ1) is 10.5. The highest BCUT2D eigenvalue weighted by Gasteiger charge is 2.19. The maximum absolute atomic E-state index is 12.1. The molecule has 0 atom stereocenters. The van der Waals surface area contributed by atoms with E-state index in [9.17, 15) is 13.2 Å². The molecule has 0 saturated carbocycles. The Morgan fingerprint density at radius 1 is 1.14 bits per heavy atom. The van der Waals surface area contributed by atoms with Crippen LogP contribution in [-0.2, 0) is 10.0 Å². The third-order valence-corrected chi connectivity index (χ3v) is 3.95. The van der Waals surface area contributed by atoms with Crippen LogP contribution >= 0.6 is 0 Å². The molecule has 1 amide bonds. The van der Waals surface area contributed by atoms with E-state index in [4.69, 9.17) is 13.9 Å². The maximum atomic E-state index is 12.1. The van der Waals surface area contributed by atoms with Gasteiger partial charge in [-0.1, -0.05) is 0 Å². The van der Waals surface area contributed by atoms with Crippen LogP contribution in [0.4, 0.5) is 0 Å². The zero-order chi connectivity index (χ0) is 16.2. The molecule has 1 aromatic heterocycles. The number of ether oxygens (including phenoxy) is 2. The van der Waals surface area contributed by atoms with Gasteiger partial charge in [0.15, 0.2) is 17.3 Å². The monoisotopic (exact) mass is 326 g/mol. The van der Waals surface area contributed by atoms with E-state index in [0.29, 0.717) is 5.75 Å². The van der Waals surface area contributed by atoms with Crippen molar-refractivity contribution in [3.05, 3.63) is 42.4 Å². The topological polar surface area (TPSA) is 107 Å². The van der Waals surface area contributed by atoms with Crippen molar-refractivity contribution in [1.82, 2.24) is 10.3 Å². The minimum Gasteiger partial charge on any atom is -0.493 e. The quantitative estimate of drug-likeness (QED) is 0.765. The Morgan fingerprint density at radius 2 is 1.86 bits per heavy atom. The first-order valence-electron chi connectivity index (χ1n) is 6.05. The highest BCUT2D eigenvalue weighted by molar-refractivity contribution is 7.89. The van der Waals surface area contributed by atoms with Crippen LogP contribution in [0.2, 0.25) is 0 Å². The molecular weight excluding hydrogens is 312 g/mol. The predicted octanol–water partition coefficient (Wildman–Crippen LogP) is 0.920. The summed E-state index contributed by atoms with van der Waals surface area (Å²) in [6.07, 6.45) is 1.30. The minimum atomic E-state index is -3.96. The van der Waals surface area contributed by atoms with E-state index in [-0.39, 0.29) is 16.4 Å². The lowest BCUT2D eigenvalue weighted by molar-refractivity contribution is 0.0917. The van der Waals surface area contributed by atoms with Gasteiger partial charge in [0, 0.05) is 6.07 Å². The van der Waals surface area contributed by atoms with Gasteiger partial charge in [-0.15, -0.1) is 4.83 Å². The van der Waals surface area contributed by atoms with E-state index in [1.54, 1.807) is 0 Å². The van der Waals surface area contributed by atoms with Crippen LogP contribution in [-0.4, -0.2) is 28.5 Å². The fraction of sp³-hybridized carbons (Fsp3) is 0.154. The van der Waals surface area contributed by atoms with Crippen molar-refractivity contribution >= 4 is 15.9 Å². The van der Waals surface area contributed by atoms with Crippen LogP contribution in [0.3, 0.4) is 0 Å². The molecule has 9 heteroatoms. The van der Waals surface area contributed by atoms with E-state index in [1.165, 1.54) is 50.8 Å². The number of hydrazine groups is 1. The van der Waals surface area contributed by atoms with Gasteiger partial charge in [0.2, 0.25) is 0 Å². The van der Waals surface area contributed by atoms with Crippen LogP contribution in [0.15, 0.2) is 45.9 Å². The summed E-state index contributed by atoms with van der Waals surface area (Å²) in [6, 6.07) is 6.96. The van der Waals surface area contributed by atoms with Gasteiger partial charge < -0.3 is 13.9 Å². The number of amides is 1. The summed E-state index contributed by atoms with van der Waals surface area (Å²) >= 11 is 0. The van der Waals surface area contributed by atoms with Crippen LogP contribution in [0.5, 0.6) is 11.5 Å². The second-order valence-corrected chi connectivity index (χ2v) is 5.74. The zero-order valence-electron chi connectivity index (χ0n) is 11.8. The van der Waals surface area contributed by atoms with Gasteiger partial charge in [-0.2, -0.15) is 0 Å². The first kappa shape index (κ1) is 15.9. The fourth-order valence-corrected chi connectivity index (χ4v) is 2.48. The largest absolute Gasteiger partial charge is 0.493 e. The Morgan fingerprint density at radius 3 is 2.45 bits per heavy atom. The average molecular weight is 326 g/mol. The Bertz CT molecular complexity index is 755. The number of benzene rings is 1. The van der Waals surface area contributed by atoms with E-state index in [2.05, 4.69) is 0 Å². The molecule has 0 saturated heterocycles. The third-order valence-electron chi connectivity index (χ3n) is 2.71. The van der Waals surface area contributed by atoms with Crippen LogP contribution in [0.25, 0.3) is 0 Å². The molecule has 0 aliphatic rings. The van der Waals surface area contributed by atoms with Gasteiger partial charge in [-0.25, -0.2) is 8.42 Å². The van der Waals surface area contributed by atoms with Crippen molar-refractivity contribution in [2.24, 2.45) is 0 Å². The lowest BCUT2D eigenvalue weighted by atomic mass is 10.3. The number of furan rings is 1. The first-order valence-corrected chi connectivity index (χ1v) is 7.54. The molecule has 0 aliphatic carbocycles. The molecule has 0 aliphatic heterocycles. The molecule has 0 unspecified atom stereocenters. The van der Waals surface area contributed by atoms with Gasteiger partial charge in [0.1, 0.15) is 0 Å². The Labute approximate surface area is 127 Å². The van der Waals surface area contributed by atoms with Gasteiger partial charge >= 0.3 is 5.91 Å². The second-order valence-electron chi connectivity index (χ2n) is 4.05. The average Bonchev–Trinajstić information content (AvgIpc) is 3.06. The molecule has 118 valence electrons. The molecule has 1 aromatic carbocycles. The summed E-state index contributed by atoms with van der Waals surface area (Å²) < 4.78 is 39.2. The van der Waals surface area contributed by atoms with Crippen molar-refractivity contribution in [2.45, 2.75) is 4.90 Å². The zero-order valence-corrected chi connectivity index (χ0v) is 12.6. The SMILES string of the molecule is COc1ccc(S(=O)(=O)NNC(=O)c2ccco2)cc1OC. The fourth-order valence-electron chi connectivity index (χ4n) is 1.63. The standard InChI is InChI=1S/C13H14N2O6S/c1-19-10-6-5-9(8-12(10)20-2)22(17,18)15-14-13(16)11-4-3-7-21-11/h3-8,15H,1-2H3,(H,14,16). The summed E-state index contributed by atoms with van der Waals surface area (Å²) in [5, 5.41) is 0. The summed E-state index contributed by atoms with van der Waals surface area (Å²) in [6.45, 7) is 0. The number of methoxy groups -OCH3 is 2. The summed E-state index contributed by atoms with van der Waals surface area (Å²) in [4.78, 5) is 13.5. The Balaban J connectivity index is 2.15. The predicted molar refractivity (Wildman–Crippen MR) is 76.0 cm³/mol. The van der Waals surface area contributed by atoms with E-state index in [1.807, 2.05) is 10.3 Å². The van der Waals surface area contributed by atoms with Gasteiger partial charge in [-0.3, -0.25) is 10.2 Å². The highest BCUT2D eigenvalue weighted by atomic mass is 32.2. The van der Waals surface area contributed by atoms with Crippen LogP contribution < -0.4 is 19.7 Å². The highest BCUT2D eigenvalue weighted by Crippen LogP contribution is 2.29. The third kappa shape index (κ3) is 3.38. The smallest absolute Gasteiger partial charge is 0.301 e. The minimum absolute atomic E-state index is 0.0185. The van der Waals surface area contributed by atoms with E-state index in [0.717, 1.165) is 0 Å². The summed E-state index contributed by atoms with van der Waals surface area (Å²) in [5.74, 6) is -0.0899. The molecule has 2 rings (SSSR count). The summed E-state index contributed by atoms with van der Waals surface area (Å²) in [7, 11) is -1.14. The number of rotatable bonds is 6. The lowest BCUT2D eigenvalue weighted by Crippen LogP contribution is -2.41. The molecule has 22 heavy (non-hydrogen) atoms. The molecule has 8 nitrogen and oxygen atoms in total. The van der Waals surface area contributed by atoms with Crippen molar-refractivity contribution in [1.29, 1.82) is 0 Å². The molecule has 2 aromatic rings. The molecule has 0 fully saturated rings. The number of hydrogen-bond acceptors (Lipinski definition) is 6. The number of hydrogen-bond donors (Lipinski definition) is 2. The molecular formula is C13H14N2O6S. The number of sulfonamides is 1. The maximum Gasteiger partial charge on any atom is 0.301 e. The Kier molecular flexibility index (Phi) is 4.68. The van der Waals surface area contributed by atoms with E-state index < -0.39 is 15.9 Å². The number of carbonyl (C=O) groups excluding carboxylic acids is 1. The molecule has 1 heterocycles. The van der Waals surface area contributed by atoms with Gasteiger partial charge in [-0.05, 0) is 24.3 Å². The number of carbonyl (C=O) groups is 1. The number of nitrogens with one attached hydrogen (secondary N) is 2. The normalized spacial score (nSPS) is 11.0. The lowest BCUT2D eigenvalue weighted by Gasteiger charge is -2.11. The van der Waals surface area contributed by atoms with Gasteiger partial charge in [0.05, 0.1) is 25.4 Å². The second kappa shape index (κ2) is 6.50. The Hall–Kier alpha value is -2.52. The van der Waals surface area contributed by atoms with Crippen molar-refractivity contribution in [3.63, 3.8) is 0 Å². The summed E-state index contributed by atoms with van der Waals surface area (Å²) in [5.41, 5.74) is 2.05. The van der Waals surface area contributed by atoms with Crippen LogP contribution in [0, 0.1) is 0 Å². The molecule has 2 N–H and O–H groups in total. The molecule has 0 radical (unpaired) electrons. The van der Waals surface area contributed by atoms with Crippen molar-refractivity contribution < 1.29 is 27.1 Å². The molecule has 0 spiro atoms. The van der Waals surface area contributed by atoms with Gasteiger partial charge in [0.25, 0.3) is 10.0 Å².